The Bertz CT molecular complexity index is 1010. The van der Waals surface area contributed by atoms with Gasteiger partial charge in [0.05, 0.1) is 17.6 Å². The molecule has 0 aliphatic heterocycles. The van der Waals surface area contributed by atoms with Gasteiger partial charge in [-0.05, 0) is 35.4 Å². The number of hydrogen-bond acceptors (Lipinski definition) is 6. The molecule has 1 unspecified atom stereocenters. The molecule has 3 aromatic rings. The van der Waals surface area contributed by atoms with Crippen molar-refractivity contribution in [3.05, 3.63) is 64.1 Å². The molecule has 0 saturated heterocycles. The SMILES string of the molecule is Cn1c(=O)n(C)c2cc(C(O)COc3ccc(CNCCNCCO)cc3)ccc21. The van der Waals surface area contributed by atoms with Crippen molar-refractivity contribution >= 4 is 11.0 Å². The van der Waals surface area contributed by atoms with E-state index in [1.54, 1.807) is 23.2 Å². The predicted molar refractivity (Wildman–Crippen MR) is 117 cm³/mol. The van der Waals surface area contributed by atoms with Crippen molar-refractivity contribution < 1.29 is 14.9 Å². The van der Waals surface area contributed by atoms with E-state index in [1.807, 2.05) is 42.5 Å². The third-order valence-corrected chi connectivity index (χ3v) is 5.11. The summed E-state index contributed by atoms with van der Waals surface area (Å²) in [5.74, 6) is 0.690. The van der Waals surface area contributed by atoms with Gasteiger partial charge in [0.1, 0.15) is 18.5 Å². The quantitative estimate of drug-likeness (QED) is 0.344. The summed E-state index contributed by atoms with van der Waals surface area (Å²) in [5, 5.41) is 25.7. The first-order valence-corrected chi connectivity index (χ1v) is 10.1. The smallest absolute Gasteiger partial charge is 0.328 e. The molecule has 4 N–H and O–H groups in total. The van der Waals surface area contributed by atoms with Crippen LogP contribution in [-0.4, -0.2) is 52.2 Å². The molecule has 8 nitrogen and oxygen atoms in total. The first-order valence-electron chi connectivity index (χ1n) is 10.1. The number of nitrogens with one attached hydrogen (secondary N) is 2. The van der Waals surface area contributed by atoms with Gasteiger partial charge in [-0.15, -0.1) is 0 Å². The van der Waals surface area contributed by atoms with Crippen molar-refractivity contribution in [1.29, 1.82) is 0 Å². The molecule has 1 aromatic heterocycles. The van der Waals surface area contributed by atoms with Gasteiger partial charge in [-0.3, -0.25) is 9.13 Å². The van der Waals surface area contributed by atoms with Crippen molar-refractivity contribution in [1.82, 2.24) is 19.8 Å². The summed E-state index contributed by atoms with van der Waals surface area (Å²) in [6.45, 7) is 3.26. The third-order valence-electron chi connectivity index (χ3n) is 5.11. The third kappa shape index (κ3) is 5.28. The van der Waals surface area contributed by atoms with Crippen molar-refractivity contribution in [2.75, 3.05) is 32.8 Å². The van der Waals surface area contributed by atoms with Gasteiger partial charge in [-0.25, -0.2) is 4.79 Å². The van der Waals surface area contributed by atoms with Gasteiger partial charge >= 0.3 is 5.69 Å². The van der Waals surface area contributed by atoms with Crippen LogP contribution in [0.1, 0.15) is 17.2 Å². The van der Waals surface area contributed by atoms with Crippen LogP contribution in [0.3, 0.4) is 0 Å². The summed E-state index contributed by atoms with van der Waals surface area (Å²) >= 11 is 0. The molecule has 0 bridgehead atoms. The fourth-order valence-corrected chi connectivity index (χ4v) is 3.32. The standard InChI is InChI=1S/C22H30N4O4/c1-25-19-8-5-17(13-20(19)26(2)22(25)29)21(28)15-30-18-6-3-16(4-7-18)14-24-10-9-23-11-12-27/h3-8,13,21,23-24,27-28H,9-12,14-15H2,1-2H3. The largest absolute Gasteiger partial charge is 0.491 e. The van der Waals surface area contributed by atoms with E-state index in [1.165, 1.54) is 0 Å². The van der Waals surface area contributed by atoms with Crippen LogP contribution in [0.15, 0.2) is 47.3 Å². The van der Waals surface area contributed by atoms with Crippen LogP contribution in [0.4, 0.5) is 0 Å². The lowest BCUT2D eigenvalue weighted by molar-refractivity contribution is 0.108. The molecule has 3 rings (SSSR count). The van der Waals surface area contributed by atoms with Crippen molar-refractivity contribution in [3.8, 4) is 5.75 Å². The number of aliphatic hydroxyl groups excluding tert-OH is 2. The predicted octanol–water partition coefficient (Wildman–Crippen LogP) is 0.661. The zero-order chi connectivity index (χ0) is 21.5. The molecule has 0 spiro atoms. The van der Waals surface area contributed by atoms with Gasteiger partial charge in [0.25, 0.3) is 0 Å². The maximum atomic E-state index is 12.1. The molecule has 0 fully saturated rings. The maximum absolute atomic E-state index is 12.1. The van der Waals surface area contributed by atoms with Gasteiger partial charge in [-0.1, -0.05) is 18.2 Å². The minimum absolute atomic E-state index is 0.0936. The fraction of sp³-hybridized carbons (Fsp3) is 0.409. The fourth-order valence-electron chi connectivity index (χ4n) is 3.32. The number of hydrogen-bond donors (Lipinski definition) is 4. The summed E-state index contributed by atoms with van der Waals surface area (Å²) in [5.41, 5.74) is 3.36. The van der Waals surface area contributed by atoms with Crippen LogP contribution in [0.25, 0.3) is 11.0 Å². The van der Waals surface area contributed by atoms with Crippen molar-refractivity contribution in [2.24, 2.45) is 14.1 Å². The highest BCUT2D eigenvalue weighted by molar-refractivity contribution is 5.76. The number of aliphatic hydroxyl groups is 2. The molecular formula is C22H30N4O4. The van der Waals surface area contributed by atoms with Gasteiger partial charge in [0.2, 0.25) is 0 Å². The summed E-state index contributed by atoms with van der Waals surface area (Å²) in [4.78, 5) is 12.1. The van der Waals surface area contributed by atoms with Crippen LogP contribution < -0.4 is 21.1 Å². The van der Waals surface area contributed by atoms with Gasteiger partial charge < -0.3 is 25.6 Å². The molecule has 30 heavy (non-hydrogen) atoms. The van der Waals surface area contributed by atoms with E-state index < -0.39 is 6.10 Å². The molecule has 162 valence electrons. The molecule has 0 aliphatic carbocycles. The first kappa shape index (κ1) is 22.0. The van der Waals surface area contributed by atoms with E-state index in [-0.39, 0.29) is 18.9 Å². The average molecular weight is 415 g/mol. The van der Waals surface area contributed by atoms with E-state index in [2.05, 4.69) is 10.6 Å². The Balaban J connectivity index is 1.51. The van der Waals surface area contributed by atoms with Crippen molar-refractivity contribution in [3.63, 3.8) is 0 Å². The Kier molecular flexibility index (Phi) is 7.64. The second kappa shape index (κ2) is 10.4. The maximum Gasteiger partial charge on any atom is 0.328 e. The number of aryl methyl sites for hydroxylation is 2. The van der Waals surface area contributed by atoms with Gasteiger partial charge in [0, 0.05) is 40.3 Å². The Hall–Kier alpha value is -2.65. The van der Waals surface area contributed by atoms with Crippen LogP contribution in [-0.2, 0) is 20.6 Å². The molecule has 0 radical (unpaired) electrons. The number of benzene rings is 2. The van der Waals surface area contributed by atoms with E-state index >= 15 is 0 Å². The van der Waals surface area contributed by atoms with Gasteiger partial charge in [0.15, 0.2) is 0 Å². The Labute approximate surface area is 175 Å². The Morgan fingerprint density at radius 2 is 1.67 bits per heavy atom. The van der Waals surface area contributed by atoms with E-state index in [0.717, 1.165) is 36.2 Å². The summed E-state index contributed by atoms with van der Waals surface area (Å²) in [6, 6.07) is 13.2. The Morgan fingerprint density at radius 1 is 0.967 bits per heavy atom. The van der Waals surface area contributed by atoms with Crippen LogP contribution in [0.2, 0.25) is 0 Å². The lowest BCUT2D eigenvalue weighted by Gasteiger charge is -2.14. The second-order valence-electron chi connectivity index (χ2n) is 7.27. The topological polar surface area (TPSA) is 101 Å². The molecule has 1 atom stereocenters. The second-order valence-corrected chi connectivity index (χ2v) is 7.27. The Morgan fingerprint density at radius 3 is 2.40 bits per heavy atom. The highest BCUT2D eigenvalue weighted by atomic mass is 16.5. The van der Waals surface area contributed by atoms with Crippen LogP contribution in [0.5, 0.6) is 5.75 Å². The van der Waals surface area contributed by atoms with E-state index in [4.69, 9.17) is 9.84 Å². The molecule has 0 aliphatic rings. The highest BCUT2D eigenvalue weighted by Gasteiger charge is 2.13. The lowest BCUT2D eigenvalue weighted by atomic mass is 10.1. The molecule has 0 saturated carbocycles. The minimum Gasteiger partial charge on any atom is -0.491 e. The lowest BCUT2D eigenvalue weighted by Crippen LogP contribution is -2.28. The number of imidazole rings is 1. The minimum atomic E-state index is -0.794. The summed E-state index contributed by atoms with van der Waals surface area (Å²) in [6.07, 6.45) is -0.794. The highest BCUT2D eigenvalue weighted by Crippen LogP contribution is 2.21. The number of ether oxygens (including phenoxy) is 1. The van der Waals surface area contributed by atoms with Crippen LogP contribution >= 0.6 is 0 Å². The molecule has 8 heteroatoms. The summed E-state index contributed by atoms with van der Waals surface area (Å²) < 4.78 is 8.90. The average Bonchev–Trinajstić information content (AvgIpc) is 2.99. The zero-order valence-electron chi connectivity index (χ0n) is 17.5. The molecule has 1 heterocycles. The van der Waals surface area contributed by atoms with Gasteiger partial charge in [-0.2, -0.15) is 0 Å². The number of rotatable bonds is 11. The number of fused-ring (bicyclic) bond motifs is 1. The number of nitrogens with zero attached hydrogens (tertiary/aromatic N) is 2. The molecule has 0 amide bonds. The first-order chi connectivity index (χ1) is 14.5. The van der Waals surface area contributed by atoms with Crippen LogP contribution in [0, 0.1) is 0 Å². The number of aromatic nitrogens is 2. The monoisotopic (exact) mass is 414 g/mol. The molecular weight excluding hydrogens is 384 g/mol. The van der Waals surface area contributed by atoms with E-state index in [0.29, 0.717) is 17.9 Å². The summed E-state index contributed by atoms with van der Waals surface area (Å²) in [7, 11) is 3.46. The zero-order valence-corrected chi connectivity index (χ0v) is 17.5. The van der Waals surface area contributed by atoms with Crippen molar-refractivity contribution in [2.45, 2.75) is 12.6 Å². The normalized spacial score (nSPS) is 12.4. The molecule has 2 aromatic carbocycles. The van der Waals surface area contributed by atoms with E-state index in [9.17, 15) is 9.90 Å².